The lowest BCUT2D eigenvalue weighted by Gasteiger charge is -2.28. The molecule has 10 rings (SSSR count). The smallest absolute Gasteiger partial charge is 0.229 e. The van der Waals surface area contributed by atoms with Crippen molar-refractivity contribution in [2.75, 3.05) is 18.4 Å². The zero-order valence-corrected chi connectivity index (χ0v) is 30.4. The molecule has 274 valence electrons. The van der Waals surface area contributed by atoms with Crippen LogP contribution in [0.25, 0.3) is 0 Å². The fourth-order valence-corrected chi connectivity index (χ4v) is 9.57. The molecule has 0 unspecified atom stereocenters. The van der Waals surface area contributed by atoms with Crippen molar-refractivity contribution in [3.05, 3.63) is 95.0 Å². The average Bonchev–Trinajstić information content (AvgIpc) is 4.08. The molecule has 52 heavy (non-hydrogen) atoms. The van der Waals surface area contributed by atoms with Gasteiger partial charge < -0.3 is 30.7 Å². The van der Waals surface area contributed by atoms with Crippen molar-refractivity contribution in [2.45, 2.75) is 149 Å². The number of nitrogens with two attached hydrogens (primary N) is 1. The zero-order chi connectivity index (χ0) is 34.7. The second-order valence-electron chi connectivity index (χ2n) is 17.6. The Morgan fingerprint density at radius 2 is 1.35 bits per heavy atom. The van der Waals surface area contributed by atoms with Crippen molar-refractivity contribution < 1.29 is 9.05 Å². The first kappa shape index (κ1) is 33.1. The molecule has 4 atom stereocenters. The molecule has 0 amide bonds. The lowest BCUT2D eigenvalue weighted by atomic mass is 9.84. The highest BCUT2D eigenvalue weighted by atomic mass is 16.5. The summed E-state index contributed by atoms with van der Waals surface area (Å²) in [6.07, 6.45) is 16.0. The van der Waals surface area contributed by atoms with Gasteiger partial charge in [-0.05, 0) is 113 Å². The van der Waals surface area contributed by atoms with Crippen LogP contribution in [0.2, 0.25) is 0 Å². The van der Waals surface area contributed by atoms with Crippen LogP contribution in [0.1, 0.15) is 148 Å². The summed E-state index contributed by atoms with van der Waals surface area (Å²) in [5.74, 6) is 4.93. The minimum atomic E-state index is 0.0505. The molecule has 0 aliphatic heterocycles. The topological polar surface area (TPSA) is 127 Å². The number of benzene rings is 2. The van der Waals surface area contributed by atoms with Gasteiger partial charge in [-0.15, -0.1) is 0 Å². The molecule has 0 bridgehead atoms. The summed E-state index contributed by atoms with van der Waals surface area (Å²) in [6.45, 7) is 1.95. The van der Waals surface area contributed by atoms with Gasteiger partial charge in [-0.2, -0.15) is 4.98 Å². The molecule has 6 aliphatic rings. The van der Waals surface area contributed by atoms with E-state index in [2.05, 4.69) is 86.9 Å². The van der Waals surface area contributed by atoms with Crippen molar-refractivity contribution in [1.82, 2.24) is 25.9 Å². The number of nitrogens with one attached hydrogen (secondary N) is 3. The SMILES string of the molecule is NC1CCC(c2nc(C3(CN[C@@H]4C[C@H]4c4cccc(NC5CCC(c6cc(C7(CN[C@@H]8C[C@H]8c8ccccc8)CC7)no6)CC5)c4)CC3)no2)CC1. The van der Waals surface area contributed by atoms with E-state index in [9.17, 15) is 0 Å². The number of rotatable bonds is 14. The Morgan fingerprint density at radius 3 is 2.08 bits per heavy atom. The minimum absolute atomic E-state index is 0.0505. The Morgan fingerprint density at radius 1 is 0.673 bits per heavy atom. The summed E-state index contributed by atoms with van der Waals surface area (Å²) in [4.78, 5) is 4.92. The summed E-state index contributed by atoms with van der Waals surface area (Å²) < 4.78 is 11.8. The average molecular weight is 702 g/mol. The van der Waals surface area contributed by atoms with Crippen LogP contribution in [-0.2, 0) is 10.8 Å². The number of nitrogens with zero attached hydrogens (tertiary/aromatic N) is 3. The largest absolute Gasteiger partial charge is 0.382 e. The second-order valence-corrected chi connectivity index (χ2v) is 17.6. The van der Waals surface area contributed by atoms with Crippen LogP contribution in [-0.4, -0.2) is 52.6 Å². The molecule has 6 fully saturated rings. The highest BCUT2D eigenvalue weighted by Gasteiger charge is 2.51. The van der Waals surface area contributed by atoms with Crippen molar-refractivity contribution in [2.24, 2.45) is 5.73 Å². The maximum Gasteiger partial charge on any atom is 0.229 e. The Labute approximate surface area is 307 Å². The van der Waals surface area contributed by atoms with Gasteiger partial charge in [-0.3, -0.25) is 0 Å². The summed E-state index contributed by atoms with van der Waals surface area (Å²) >= 11 is 0. The summed E-state index contributed by atoms with van der Waals surface area (Å²) in [7, 11) is 0. The van der Waals surface area contributed by atoms with Crippen LogP contribution < -0.4 is 21.7 Å². The molecule has 2 heterocycles. The summed E-state index contributed by atoms with van der Waals surface area (Å²) in [5.41, 5.74) is 11.7. The molecule has 2 aromatic carbocycles. The van der Waals surface area contributed by atoms with Crippen LogP contribution >= 0.6 is 0 Å². The molecule has 2 aromatic heterocycles. The van der Waals surface area contributed by atoms with E-state index in [4.69, 9.17) is 19.8 Å². The van der Waals surface area contributed by atoms with Crippen LogP contribution in [0.5, 0.6) is 0 Å². The predicted molar refractivity (Wildman–Crippen MR) is 202 cm³/mol. The third kappa shape index (κ3) is 6.85. The minimum Gasteiger partial charge on any atom is -0.382 e. The Hall–Kier alpha value is -3.53. The monoisotopic (exact) mass is 701 g/mol. The van der Waals surface area contributed by atoms with Crippen molar-refractivity contribution >= 4 is 5.69 Å². The first-order valence-electron chi connectivity index (χ1n) is 20.5. The van der Waals surface area contributed by atoms with Gasteiger partial charge in [0.1, 0.15) is 5.76 Å². The van der Waals surface area contributed by atoms with E-state index in [1.807, 2.05) is 0 Å². The highest BCUT2D eigenvalue weighted by Crippen LogP contribution is 2.51. The normalized spacial score (nSPS) is 32.6. The zero-order valence-electron chi connectivity index (χ0n) is 30.4. The Bertz CT molecular complexity index is 1830. The number of aromatic nitrogens is 3. The van der Waals surface area contributed by atoms with Gasteiger partial charge in [0, 0.05) is 83.5 Å². The molecule has 6 aliphatic carbocycles. The van der Waals surface area contributed by atoms with E-state index in [1.165, 1.54) is 48.2 Å². The predicted octanol–water partition coefficient (Wildman–Crippen LogP) is 7.54. The van der Waals surface area contributed by atoms with Gasteiger partial charge in [0.15, 0.2) is 5.82 Å². The first-order chi connectivity index (χ1) is 25.5. The van der Waals surface area contributed by atoms with Gasteiger partial charge in [0.2, 0.25) is 5.89 Å². The van der Waals surface area contributed by atoms with E-state index < -0.39 is 0 Å². The fourth-order valence-electron chi connectivity index (χ4n) is 9.57. The quantitative estimate of drug-likeness (QED) is 0.106. The van der Waals surface area contributed by atoms with E-state index in [1.54, 1.807) is 0 Å². The molecule has 6 saturated carbocycles. The van der Waals surface area contributed by atoms with Gasteiger partial charge in [-0.1, -0.05) is 52.8 Å². The lowest BCUT2D eigenvalue weighted by molar-refractivity contribution is 0.298. The van der Waals surface area contributed by atoms with Crippen LogP contribution in [0.3, 0.4) is 0 Å². The highest BCUT2D eigenvalue weighted by molar-refractivity contribution is 5.49. The summed E-state index contributed by atoms with van der Waals surface area (Å²) in [5, 5.41) is 20.8. The van der Waals surface area contributed by atoms with E-state index >= 15 is 0 Å². The molecule has 9 nitrogen and oxygen atoms in total. The van der Waals surface area contributed by atoms with E-state index in [0.29, 0.717) is 47.8 Å². The van der Waals surface area contributed by atoms with E-state index in [-0.39, 0.29) is 10.8 Å². The molecule has 0 saturated heterocycles. The molecule has 4 aromatic rings. The Kier molecular flexibility index (Phi) is 8.52. The standard InChI is InChI=1S/C43H55N7O2/c44-31-13-9-29(10-14-31)40-48-41(50-52-40)43(19-20-43)26-46-37-23-35(37)30-7-4-8-33(21-30)47-32-15-11-28(12-16-32)38-24-39(49-51-38)42(17-18-42)25-45-36-22-34(36)27-5-2-1-3-6-27/h1-8,21,24,28-29,31-32,34-37,45-47H,9-20,22-23,25-26,44H2/t28?,29?,31?,32?,34-,35-,36+,37+/m0/s1. The molecular weight excluding hydrogens is 647 g/mol. The first-order valence-corrected chi connectivity index (χ1v) is 20.5. The third-order valence-electron chi connectivity index (χ3n) is 13.8. The second kappa shape index (κ2) is 13.4. The van der Waals surface area contributed by atoms with Crippen LogP contribution in [0.15, 0.2) is 69.7 Å². The Balaban J connectivity index is 0.677. The fraction of sp³-hybridized carbons (Fsp3) is 0.605. The van der Waals surface area contributed by atoms with Crippen LogP contribution in [0.4, 0.5) is 5.69 Å². The summed E-state index contributed by atoms with van der Waals surface area (Å²) in [6, 6.07) is 24.3. The number of anilines is 1. The number of hydrogen-bond donors (Lipinski definition) is 4. The van der Waals surface area contributed by atoms with E-state index in [0.717, 1.165) is 94.8 Å². The molecule has 5 N–H and O–H groups in total. The lowest BCUT2D eigenvalue weighted by Crippen LogP contribution is -2.30. The van der Waals surface area contributed by atoms with Gasteiger partial charge in [0.05, 0.1) is 5.69 Å². The van der Waals surface area contributed by atoms with Crippen molar-refractivity contribution in [3.63, 3.8) is 0 Å². The number of hydrogen-bond acceptors (Lipinski definition) is 9. The maximum absolute atomic E-state index is 6.11. The third-order valence-corrected chi connectivity index (χ3v) is 13.8. The maximum atomic E-state index is 6.11. The van der Waals surface area contributed by atoms with Crippen molar-refractivity contribution in [3.8, 4) is 0 Å². The molecule has 9 heteroatoms. The van der Waals surface area contributed by atoms with Crippen LogP contribution in [0, 0.1) is 0 Å². The molecular formula is C43H55N7O2. The van der Waals surface area contributed by atoms with Gasteiger partial charge in [-0.25, -0.2) is 0 Å². The molecule has 0 spiro atoms. The van der Waals surface area contributed by atoms with Gasteiger partial charge in [0.25, 0.3) is 0 Å². The molecule has 0 radical (unpaired) electrons. The van der Waals surface area contributed by atoms with Gasteiger partial charge >= 0.3 is 0 Å². The van der Waals surface area contributed by atoms with Crippen molar-refractivity contribution in [1.29, 1.82) is 0 Å².